The van der Waals surface area contributed by atoms with Gasteiger partial charge in [-0.15, -0.1) is 10.2 Å². The highest BCUT2D eigenvalue weighted by Crippen LogP contribution is 2.22. The molecule has 1 aliphatic rings. The van der Waals surface area contributed by atoms with Crippen LogP contribution in [-0.4, -0.2) is 58.1 Å². The van der Waals surface area contributed by atoms with E-state index in [4.69, 9.17) is 11.6 Å². The molecule has 0 atom stereocenters. The molecule has 1 aromatic heterocycles. The summed E-state index contributed by atoms with van der Waals surface area (Å²) < 4.78 is 0.307. The average molecular weight is 275 g/mol. The number of rotatable bonds is 1. The van der Waals surface area contributed by atoms with Crippen molar-refractivity contribution < 1.29 is 4.79 Å². The fraction of sp³-hybridized carbons (Fsp3) is 0.700. The normalized spacial score (nSPS) is 20.6. The van der Waals surface area contributed by atoms with Crippen molar-refractivity contribution in [3.63, 3.8) is 0 Å². The minimum Gasteiger partial charge on any atom is -0.333 e. The third kappa shape index (κ3) is 2.59. The Morgan fingerprint density at radius 3 is 2.65 bits per heavy atom. The number of halogens is 1. The van der Waals surface area contributed by atoms with Crippen LogP contribution in [0.15, 0.2) is 0 Å². The molecule has 0 saturated carbocycles. The molecule has 1 aliphatic heterocycles. The summed E-state index contributed by atoms with van der Waals surface area (Å²) >= 11 is 6.82. The second kappa shape index (κ2) is 4.51. The molecule has 0 N–H and O–H groups in total. The Labute approximate surface area is 109 Å². The minimum absolute atomic E-state index is 0.0115. The molecule has 1 fully saturated rings. The van der Waals surface area contributed by atoms with Crippen molar-refractivity contribution in [3.05, 3.63) is 9.47 Å². The molecule has 2 rings (SSSR count). The Bertz CT molecular complexity index is 434. The number of hydrogen-bond donors (Lipinski definition) is 0. The molecule has 0 radical (unpaired) electrons. The van der Waals surface area contributed by atoms with E-state index in [9.17, 15) is 4.79 Å². The molecule has 94 valence electrons. The van der Waals surface area contributed by atoms with E-state index >= 15 is 0 Å². The number of amides is 1. The second-order valence-electron chi connectivity index (χ2n) is 4.82. The number of aromatic nitrogens is 2. The Morgan fingerprint density at radius 2 is 2.12 bits per heavy atom. The Hall–Kier alpha value is -0.720. The van der Waals surface area contributed by atoms with E-state index in [2.05, 4.69) is 36.0 Å². The maximum absolute atomic E-state index is 12.2. The minimum atomic E-state index is -0.0735. The van der Waals surface area contributed by atoms with Crippen LogP contribution in [0, 0.1) is 0 Å². The van der Waals surface area contributed by atoms with Crippen molar-refractivity contribution in [2.75, 3.05) is 26.7 Å². The summed E-state index contributed by atoms with van der Waals surface area (Å²) in [6, 6.07) is 0. The van der Waals surface area contributed by atoms with E-state index in [0.717, 1.165) is 24.4 Å². The van der Waals surface area contributed by atoms with Gasteiger partial charge in [0, 0.05) is 25.2 Å². The number of piperazine rings is 1. The van der Waals surface area contributed by atoms with Crippen LogP contribution in [0.4, 0.5) is 0 Å². The van der Waals surface area contributed by atoms with Crippen LogP contribution < -0.4 is 0 Å². The van der Waals surface area contributed by atoms with E-state index in [1.54, 1.807) is 0 Å². The van der Waals surface area contributed by atoms with Crippen LogP contribution in [0.2, 0.25) is 4.47 Å². The van der Waals surface area contributed by atoms with Gasteiger partial charge < -0.3 is 4.90 Å². The van der Waals surface area contributed by atoms with Crippen LogP contribution in [0.3, 0.4) is 0 Å². The van der Waals surface area contributed by atoms with Gasteiger partial charge in [0.1, 0.15) is 0 Å². The fourth-order valence-corrected chi connectivity index (χ4v) is 2.64. The molecular formula is C10H15ClN4OS. The molecule has 2 heterocycles. The maximum Gasteiger partial charge on any atom is 0.284 e. The van der Waals surface area contributed by atoms with E-state index in [-0.39, 0.29) is 11.4 Å². The van der Waals surface area contributed by atoms with Gasteiger partial charge in [-0.25, -0.2) is 0 Å². The number of likely N-dealkylation sites (N-methyl/N-ethyl adjacent to an activating group) is 1. The maximum atomic E-state index is 12.2. The molecule has 0 unspecified atom stereocenters. The molecule has 7 heteroatoms. The molecule has 0 bridgehead atoms. The van der Waals surface area contributed by atoms with Gasteiger partial charge in [0.2, 0.25) is 9.47 Å². The van der Waals surface area contributed by atoms with E-state index < -0.39 is 0 Å². The smallest absolute Gasteiger partial charge is 0.284 e. The highest BCUT2D eigenvalue weighted by Gasteiger charge is 2.34. The number of nitrogens with zero attached hydrogens (tertiary/aromatic N) is 4. The number of carbonyl (C=O) groups excluding carboxylic acids is 1. The molecular weight excluding hydrogens is 260 g/mol. The first-order chi connectivity index (χ1) is 7.90. The first-order valence-electron chi connectivity index (χ1n) is 5.40. The van der Waals surface area contributed by atoms with Crippen LogP contribution in [0.5, 0.6) is 0 Å². The quantitative estimate of drug-likeness (QED) is 0.776. The van der Waals surface area contributed by atoms with Crippen molar-refractivity contribution in [1.82, 2.24) is 20.0 Å². The Morgan fingerprint density at radius 1 is 1.41 bits per heavy atom. The van der Waals surface area contributed by atoms with E-state index in [1.807, 2.05) is 4.90 Å². The Kier molecular flexibility index (Phi) is 3.38. The molecule has 0 spiro atoms. The van der Waals surface area contributed by atoms with Crippen LogP contribution in [0.25, 0.3) is 0 Å². The lowest BCUT2D eigenvalue weighted by Gasteiger charge is -2.45. The SMILES string of the molecule is CN1CCN(C(=O)c2nnc(Cl)s2)CC1(C)C. The third-order valence-electron chi connectivity index (χ3n) is 3.19. The molecule has 1 amide bonds. The topological polar surface area (TPSA) is 49.3 Å². The largest absolute Gasteiger partial charge is 0.333 e. The zero-order valence-electron chi connectivity index (χ0n) is 10.1. The monoisotopic (exact) mass is 274 g/mol. The van der Waals surface area contributed by atoms with Gasteiger partial charge in [-0.05, 0) is 32.5 Å². The van der Waals surface area contributed by atoms with Crippen molar-refractivity contribution in [2.45, 2.75) is 19.4 Å². The van der Waals surface area contributed by atoms with Crippen molar-refractivity contribution in [1.29, 1.82) is 0 Å². The van der Waals surface area contributed by atoms with Crippen molar-refractivity contribution in [2.24, 2.45) is 0 Å². The second-order valence-corrected chi connectivity index (χ2v) is 6.38. The first kappa shape index (κ1) is 12.7. The summed E-state index contributed by atoms with van der Waals surface area (Å²) in [5.41, 5.74) is -0.0115. The predicted octanol–water partition coefficient (Wildman–Crippen LogP) is 1.36. The number of hydrogen-bond acceptors (Lipinski definition) is 5. The Balaban J connectivity index is 2.11. The van der Waals surface area contributed by atoms with Crippen molar-refractivity contribution >= 4 is 28.8 Å². The number of carbonyl (C=O) groups is 1. The molecule has 5 nitrogen and oxygen atoms in total. The zero-order valence-corrected chi connectivity index (χ0v) is 11.7. The summed E-state index contributed by atoms with van der Waals surface area (Å²) in [6.45, 7) is 6.53. The average Bonchev–Trinajstić information content (AvgIpc) is 2.68. The predicted molar refractivity (Wildman–Crippen MR) is 67.5 cm³/mol. The van der Waals surface area contributed by atoms with Gasteiger partial charge in [0.15, 0.2) is 0 Å². The summed E-state index contributed by atoms with van der Waals surface area (Å²) in [5, 5.41) is 7.82. The van der Waals surface area contributed by atoms with Gasteiger partial charge in [0.05, 0.1) is 0 Å². The lowest BCUT2D eigenvalue weighted by atomic mass is 10.00. The third-order valence-corrected chi connectivity index (χ3v) is 4.19. The molecule has 0 aromatic carbocycles. The standard InChI is InChI=1S/C10H15ClN4OS/c1-10(2)6-15(5-4-14(10)3)8(16)7-12-13-9(11)17-7/h4-6H2,1-3H3. The van der Waals surface area contributed by atoms with Crippen molar-refractivity contribution in [3.8, 4) is 0 Å². The lowest BCUT2D eigenvalue weighted by molar-refractivity contribution is 0.0310. The van der Waals surface area contributed by atoms with Crippen LogP contribution in [0.1, 0.15) is 23.6 Å². The summed E-state index contributed by atoms with van der Waals surface area (Å²) in [4.78, 5) is 16.2. The van der Waals surface area contributed by atoms with Crippen LogP contribution in [-0.2, 0) is 0 Å². The first-order valence-corrected chi connectivity index (χ1v) is 6.59. The van der Waals surface area contributed by atoms with E-state index in [1.165, 1.54) is 0 Å². The summed E-state index contributed by atoms with van der Waals surface area (Å²) in [7, 11) is 2.07. The molecule has 1 saturated heterocycles. The molecule has 0 aliphatic carbocycles. The van der Waals surface area contributed by atoms with E-state index in [0.29, 0.717) is 16.0 Å². The highest BCUT2D eigenvalue weighted by atomic mass is 35.5. The van der Waals surface area contributed by atoms with Crippen LogP contribution >= 0.6 is 22.9 Å². The molecule has 1 aromatic rings. The van der Waals surface area contributed by atoms with Gasteiger partial charge >= 0.3 is 0 Å². The zero-order chi connectivity index (χ0) is 12.6. The summed E-state index contributed by atoms with van der Waals surface area (Å²) in [5.74, 6) is -0.0735. The highest BCUT2D eigenvalue weighted by molar-refractivity contribution is 7.17. The summed E-state index contributed by atoms with van der Waals surface area (Å²) in [6.07, 6.45) is 0. The van der Waals surface area contributed by atoms with Gasteiger partial charge in [-0.1, -0.05) is 11.3 Å². The molecule has 17 heavy (non-hydrogen) atoms. The van der Waals surface area contributed by atoms with Gasteiger partial charge in [-0.2, -0.15) is 0 Å². The fourth-order valence-electron chi connectivity index (χ4n) is 1.84. The van der Waals surface area contributed by atoms with Gasteiger partial charge in [-0.3, -0.25) is 9.69 Å². The van der Waals surface area contributed by atoms with Gasteiger partial charge in [0.25, 0.3) is 5.91 Å². The lowest BCUT2D eigenvalue weighted by Crippen LogP contribution is -2.58.